The number of nitrogens with zero attached hydrogens (tertiary/aromatic N) is 2. The highest BCUT2D eigenvalue weighted by Crippen LogP contribution is 2.43. The summed E-state index contributed by atoms with van der Waals surface area (Å²) >= 11 is 0. The molecule has 1 unspecified atom stereocenters. The number of nitrogens with one attached hydrogen (secondary N) is 2. The van der Waals surface area contributed by atoms with Gasteiger partial charge in [0.15, 0.2) is 10.6 Å². The third kappa shape index (κ3) is 3.42. The topological polar surface area (TPSA) is 132 Å². The van der Waals surface area contributed by atoms with Crippen molar-refractivity contribution in [3.63, 3.8) is 0 Å². The molecular weight excluding hydrogens is 418 g/mol. The Hall–Kier alpha value is -2.43. The standard InChI is InChI=1S/C21H27N5O4S/c1-29-11-13-6-7-15-16(13)10-12-4-2-5-14(12)17(15)24-20(27)18-19(31(22,23)28)21-26(25-18)8-3-9-30-21/h10,13H,2-9,11H2,1H3,(H,24,27)(H3,22,23,28)/t13-/m0/s1. The first-order valence-corrected chi connectivity index (χ1v) is 12.3. The highest BCUT2D eigenvalue weighted by atomic mass is 32.2. The van der Waals surface area contributed by atoms with Gasteiger partial charge in [-0.25, -0.2) is 18.8 Å². The maximum absolute atomic E-state index is 13.4. The van der Waals surface area contributed by atoms with Crippen molar-refractivity contribution in [1.82, 2.24) is 9.78 Å². The summed E-state index contributed by atoms with van der Waals surface area (Å²) in [6.45, 7) is 1.60. The fourth-order valence-corrected chi connectivity index (χ4v) is 5.99. The minimum Gasteiger partial charge on any atom is -0.477 e. The first-order valence-electron chi connectivity index (χ1n) is 10.7. The Morgan fingerprint density at radius 1 is 1.39 bits per heavy atom. The minimum absolute atomic E-state index is 0.0878. The van der Waals surface area contributed by atoms with E-state index in [9.17, 15) is 9.00 Å². The first-order chi connectivity index (χ1) is 14.9. The number of carbonyl (C=O) groups excluding carboxylic acids is 1. The molecule has 0 saturated carbocycles. The van der Waals surface area contributed by atoms with Crippen LogP contribution in [0.3, 0.4) is 0 Å². The smallest absolute Gasteiger partial charge is 0.277 e. The lowest BCUT2D eigenvalue weighted by Gasteiger charge is -2.18. The molecule has 2 aliphatic carbocycles. The SMILES string of the molecule is COC[C@@H]1CCc2c1cc1c(c2NC(=O)c2nn3c(c2S(=N)(N)=O)OCCC3)CCC1. The molecule has 1 aromatic heterocycles. The van der Waals surface area contributed by atoms with Gasteiger partial charge in [0, 0.05) is 31.7 Å². The Morgan fingerprint density at radius 3 is 3.00 bits per heavy atom. The van der Waals surface area contributed by atoms with Gasteiger partial charge < -0.3 is 14.8 Å². The number of amides is 1. The number of carbonyl (C=O) groups is 1. The molecule has 0 radical (unpaired) electrons. The van der Waals surface area contributed by atoms with E-state index in [0.717, 1.165) is 49.8 Å². The summed E-state index contributed by atoms with van der Waals surface area (Å²) in [7, 11) is -1.98. The highest BCUT2D eigenvalue weighted by Gasteiger charge is 2.34. The van der Waals surface area contributed by atoms with Gasteiger partial charge in [-0.15, -0.1) is 0 Å². The molecule has 10 heteroatoms. The highest BCUT2D eigenvalue weighted by molar-refractivity contribution is 7.90. The Kier molecular flexibility index (Phi) is 5.03. The molecule has 31 heavy (non-hydrogen) atoms. The van der Waals surface area contributed by atoms with Crippen LogP contribution in [0.5, 0.6) is 5.88 Å². The van der Waals surface area contributed by atoms with E-state index in [4.69, 9.17) is 19.4 Å². The van der Waals surface area contributed by atoms with Crippen molar-refractivity contribution in [1.29, 1.82) is 4.78 Å². The maximum Gasteiger partial charge on any atom is 0.277 e. The number of fused-ring (bicyclic) bond motifs is 3. The number of ether oxygens (including phenoxy) is 2. The quantitative estimate of drug-likeness (QED) is 0.650. The van der Waals surface area contributed by atoms with Crippen LogP contribution in [0.15, 0.2) is 11.0 Å². The lowest BCUT2D eigenvalue weighted by molar-refractivity contribution is 0.101. The van der Waals surface area contributed by atoms with Crippen LogP contribution in [-0.2, 0) is 40.5 Å². The van der Waals surface area contributed by atoms with E-state index < -0.39 is 15.8 Å². The molecule has 9 nitrogen and oxygen atoms in total. The van der Waals surface area contributed by atoms with Crippen molar-refractivity contribution in [3.8, 4) is 5.88 Å². The van der Waals surface area contributed by atoms with Crippen molar-refractivity contribution in [3.05, 3.63) is 34.0 Å². The first kappa shape index (κ1) is 20.5. The zero-order valence-corrected chi connectivity index (χ0v) is 18.3. The fraction of sp³-hybridized carbons (Fsp3) is 0.524. The molecule has 1 amide bonds. The Morgan fingerprint density at radius 2 is 2.23 bits per heavy atom. The number of rotatable bonds is 5. The second-order valence-corrected chi connectivity index (χ2v) is 10.1. The Labute approximate surface area is 181 Å². The summed E-state index contributed by atoms with van der Waals surface area (Å²) < 4.78 is 32.9. The van der Waals surface area contributed by atoms with Crippen molar-refractivity contribution < 1.29 is 18.5 Å². The second-order valence-electron chi connectivity index (χ2n) is 8.46. The number of aryl methyl sites for hydroxylation is 2. The molecule has 0 spiro atoms. The molecule has 166 valence electrons. The molecule has 0 saturated heterocycles. The fourth-order valence-electron chi connectivity index (χ4n) is 5.15. The van der Waals surface area contributed by atoms with Crippen LogP contribution in [0, 0.1) is 4.78 Å². The Bertz CT molecular complexity index is 1170. The normalized spacial score (nSPS) is 21.0. The third-order valence-corrected chi connectivity index (χ3v) is 7.44. The maximum atomic E-state index is 13.4. The van der Waals surface area contributed by atoms with Crippen molar-refractivity contribution >= 4 is 21.5 Å². The molecule has 0 fully saturated rings. The molecule has 1 aromatic carbocycles. The van der Waals surface area contributed by atoms with Gasteiger partial charge in [0.2, 0.25) is 5.88 Å². The summed E-state index contributed by atoms with van der Waals surface area (Å²) in [6.07, 6.45) is 5.53. The monoisotopic (exact) mass is 445 g/mol. The molecule has 5 rings (SSSR count). The summed E-state index contributed by atoms with van der Waals surface area (Å²) in [5, 5.41) is 13.0. The zero-order valence-electron chi connectivity index (χ0n) is 17.5. The average molecular weight is 446 g/mol. The molecule has 3 aliphatic rings. The average Bonchev–Trinajstić information content (AvgIpc) is 3.44. The number of anilines is 1. The van der Waals surface area contributed by atoms with Crippen LogP contribution >= 0.6 is 0 Å². The van der Waals surface area contributed by atoms with Crippen LogP contribution in [0.25, 0.3) is 0 Å². The van der Waals surface area contributed by atoms with E-state index in [-0.39, 0.29) is 16.5 Å². The molecule has 2 aromatic rings. The van der Waals surface area contributed by atoms with Crippen molar-refractivity contribution in [2.75, 3.05) is 25.6 Å². The summed E-state index contributed by atoms with van der Waals surface area (Å²) in [5.74, 6) is -0.00681. The van der Waals surface area contributed by atoms with Crippen LogP contribution in [0.1, 0.15) is 57.9 Å². The van der Waals surface area contributed by atoms with Crippen molar-refractivity contribution in [2.24, 2.45) is 5.14 Å². The van der Waals surface area contributed by atoms with E-state index >= 15 is 0 Å². The molecular formula is C21H27N5O4S. The third-order valence-electron chi connectivity index (χ3n) is 6.47. The molecule has 4 N–H and O–H groups in total. The summed E-state index contributed by atoms with van der Waals surface area (Å²) in [4.78, 5) is 13.3. The lowest BCUT2D eigenvalue weighted by Crippen LogP contribution is -2.21. The van der Waals surface area contributed by atoms with Crippen LogP contribution < -0.4 is 15.2 Å². The van der Waals surface area contributed by atoms with Gasteiger partial charge in [-0.3, -0.25) is 4.79 Å². The number of nitrogens with two attached hydrogens (primary N) is 1. The van der Waals surface area contributed by atoms with E-state index in [1.54, 1.807) is 7.11 Å². The summed E-state index contributed by atoms with van der Waals surface area (Å²) in [5.41, 5.74) is 5.60. The van der Waals surface area contributed by atoms with E-state index in [1.165, 1.54) is 21.4 Å². The number of benzene rings is 1. The van der Waals surface area contributed by atoms with E-state index in [1.807, 2.05) is 0 Å². The van der Waals surface area contributed by atoms with Crippen LogP contribution in [0.2, 0.25) is 0 Å². The number of aromatic nitrogens is 2. The predicted molar refractivity (Wildman–Crippen MR) is 115 cm³/mol. The van der Waals surface area contributed by atoms with Gasteiger partial charge in [0.1, 0.15) is 9.92 Å². The summed E-state index contributed by atoms with van der Waals surface area (Å²) in [6, 6.07) is 2.29. The minimum atomic E-state index is -3.69. The number of methoxy groups -OCH3 is 1. The van der Waals surface area contributed by atoms with Crippen LogP contribution in [-0.4, -0.2) is 40.2 Å². The lowest BCUT2D eigenvalue weighted by atomic mass is 9.95. The van der Waals surface area contributed by atoms with Gasteiger partial charge in [-0.1, -0.05) is 6.07 Å². The second kappa shape index (κ2) is 7.61. The van der Waals surface area contributed by atoms with Gasteiger partial charge in [-0.2, -0.15) is 5.10 Å². The Balaban J connectivity index is 1.57. The van der Waals surface area contributed by atoms with Crippen molar-refractivity contribution in [2.45, 2.75) is 55.9 Å². The van der Waals surface area contributed by atoms with Gasteiger partial charge in [-0.05, 0) is 54.4 Å². The predicted octanol–water partition coefficient (Wildman–Crippen LogP) is 2.36. The zero-order chi connectivity index (χ0) is 21.8. The van der Waals surface area contributed by atoms with Gasteiger partial charge in [0.25, 0.3) is 5.91 Å². The number of hydrogen-bond donors (Lipinski definition) is 3. The largest absolute Gasteiger partial charge is 0.477 e. The van der Waals surface area contributed by atoms with Gasteiger partial charge in [0.05, 0.1) is 13.2 Å². The molecule has 2 heterocycles. The van der Waals surface area contributed by atoms with Gasteiger partial charge >= 0.3 is 0 Å². The number of hydrogen-bond acceptors (Lipinski definition) is 6. The molecule has 1 aliphatic heterocycles. The van der Waals surface area contributed by atoms with E-state index in [0.29, 0.717) is 25.7 Å². The molecule has 2 atom stereocenters. The molecule has 0 bridgehead atoms. The van der Waals surface area contributed by atoms with Crippen LogP contribution in [0.4, 0.5) is 5.69 Å². The van der Waals surface area contributed by atoms with E-state index in [2.05, 4.69) is 16.5 Å².